The van der Waals surface area contributed by atoms with E-state index in [-0.39, 0.29) is 0 Å². The molecule has 4 rings (SSSR count). The highest BCUT2D eigenvalue weighted by Gasteiger charge is 2.14. The van der Waals surface area contributed by atoms with Gasteiger partial charge in [0.05, 0.1) is 6.21 Å². The number of nitrogens with zero attached hydrogens (tertiary/aromatic N) is 4. The van der Waals surface area contributed by atoms with Gasteiger partial charge in [-0.3, -0.25) is 0 Å². The van der Waals surface area contributed by atoms with Crippen LogP contribution in [0.1, 0.15) is 36.5 Å². The summed E-state index contributed by atoms with van der Waals surface area (Å²) in [7, 11) is 0. The van der Waals surface area contributed by atoms with Crippen LogP contribution in [0, 0.1) is 0 Å². The van der Waals surface area contributed by atoms with Gasteiger partial charge >= 0.3 is 0 Å². The van der Waals surface area contributed by atoms with Crippen LogP contribution < -0.4 is 0 Å². The minimum absolute atomic E-state index is 0.513. The van der Waals surface area contributed by atoms with Gasteiger partial charge in [-0.2, -0.15) is 9.78 Å². The molecule has 1 heterocycles. The van der Waals surface area contributed by atoms with Crippen LogP contribution in [-0.2, 0) is 5.75 Å². The number of hydrogen-bond donors (Lipinski definition) is 0. The van der Waals surface area contributed by atoms with Crippen molar-refractivity contribution in [3.63, 3.8) is 0 Å². The van der Waals surface area contributed by atoms with Crippen molar-refractivity contribution in [2.24, 2.45) is 5.10 Å². The maximum absolute atomic E-state index is 4.75. The predicted molar refractivity (Wildman–Crippen MR) is 125 cm³/mol. The Balaban J connectivity index is 1.63. The fourth-order valence-electron chi connectivity index (χ4n) is 3.04. The molecule has 5 heteroatoms. The quantitative estimate of drug-likeness (QED) is 0.266. The minimum Gasteiger partial charge on any atom is -0.187 e. The molecule has 0 aliphatic heterocycles. The third-order valence-electron chi connectivity index (χ3n) is 4.78. The Labute approximate surface area is 181 Å². The second-order valence-electron chi connectivity index (χ2n) is 7.32. The lowest BCUT2D eigenvalue weighted by atomic mass is 10.0. The predicted octanol–water partition coefficient (Wildman–Crippen LogP) is 6.24. The molecule has 0 bridgehead atoms. The Morgan fingerprint density at radius 3 is 2.20 bits per heavy atom. The molecule has 0 aliphatic rings. The SMILES string of the molecule is CC(C)c1ccc(C=Nn2c(SCc3ccccc3)nnc2-c2ccccc2)cc1. The standard InChI is InChI=1S/C25H24N4S/c1-19(2)22-15-13-20(14-16-22)17-26-29-24(23-11-7-4-8-12-23)27-28-25(29)30-18-21-9-5-3-6-10-21/h3-17,19H,18H2,1-2H3. The van der Waals surface area contributed by atoms with Crippen molar-refractivity contribution < 1.29 is 0 Å². The van der Waals surface area contributed by atoms with Gasteiger partial charge in [0.25, 0.3) is 0 Å². The summed E-state index contributed by atoms with van der Waals surface area (Å²) in [5, 5.41) is 14.4. The summed E-state index contributed by atoms with van der Waals surface area (Å²) in [6.07, 6.45) is 1.87. The highest BCUT2D eigenvalue weighted by Crippen LogP contribution is 2.26. The molecule has 0 atom stereocenters. The van der Waals surface area contributed by atoms with Crippen LogP contribution in [0.25, 0.3) is 11.4 Å². The van der Waals surface area contributed by atoms with E-state index < -0.39 is 0 Å². The Morgan fingerprint density at radius 1 is 0.867 bits per heavy atom. The molecular formula is C25H24N4S. The number of thioether (sulfide) groups is 1. The average molecular weight is 413 g/mol. The van der Waals surface area contributed by atoms with Gasteiger partial charge in [0, 0.05) is 11.3 Å². The number of benzene rings is 3. The summed E-state index contributed by atoms with van der Waals surface area (Å²) in [6, 6.07) is 28.9. The first kappa shape index (κ1) is 20.1. The first-order chi connectivity index (χ1) is 14.7. The molecule has 0 spiro atoms. The molecule has 150 valence electrons. The summed E-state index contributed by atoms with van der Waals surface area (Å²) in [4.78, 5) is 0. The average Bonchev–Trinajstić information content (AvgIpc) is 3.20. The summed E-state index contributed by atoms with van der Waals surface area (Å²) in [6.45, 7) is 4.39. The molecule has 0 fully saturated rings. The maximum Gasteiger partial charge on any atom is 0.212 e. The van der Waals surface area contributed by atoms with Crippen LogP contribution >= 0.6 is 11.8 Å². The molecule has 0 saturated heterocycles. The zero-order chi connectivity index (χ0) is 20.8. The van der Waals surface area contributed by atoms with E-state index in [1.165, 1.54) is 11.1 Å². The summed E-state index contributed by atoms with van der Waals surface area (Å²) in [5.41, 5.74) is 4.60. The Morgan fingerprint density at radius 2 is 1.53 bits per heavy atom. The van der Waals surface area contributed by atoms with E-state index in [0.717, 1.165) is 27.9 Å². The number of hydrogen-bond acceptors (Lipinski definition) is 4. The Bertz CT molecular complexity index is 1100. The van der Waals surface area contributed by atoms with Crippen molar-refractivity contribution in [3.05, 3.63) is 102 Å². The van der Waals surface area contributed by atoms with Gasteiger partial charge in [0.1, 0.15) is 0 Å². The molecule has 0 amide bonds. The van der Waals surface area contributed by atoms with Crippen molar-refractivity contribution in [1.82, 2.24) is 14.9 Å². The zero-order valence-corrected chi connectivity index (χ0v) is 18.0. The van der Waals surface area contributed by atoms with E-state index in [1.54, 1.807) is 11.8 Å². The van der Waals surface area contributed by atoms with Crippen molar-refractivity contribution in [2.75, 3.05) is 0 Å². The maximum atomic E-state index is 4.75. The van der Waals surface area contributed by atoms with Crippen LogP contribution in [0.5, 0.6) is 0 Å². The molecule has 4 aromatic rings. The molecule has 0 radical (unpaired) electrons. The molecule has 0 aliphatic carbocycles. The smallest absolute Gasteiger partial charge is 0.187 e. The van der Waals surface area contributed by atoms with E-state index in [9.17, 15) is 0 Å². The van der Waals surface area contributed by atoms with Crippen LogP contribution in [0.15, 0.2) is 95.2 Å². The number of rotatable bonds is 7. The normalized spacial score (nSPS) is 11.4. The second kappa shape index (κ2) is 9.55. The Kier molecular flexibility index (Phi) is 6.40. The minimum atomic E-state index is 0.513. The third kappa shape index (κ3) is 4.86. The van der Waals surface area contributed by atoms with Crippen molar-refractivity contribution in [2.45, 2.75) is 30.7 Å². The fourth-order valence-corrected chi connectivity index (χ4v) is 3.88. The van der Waals surface area contributed by atoms with Crippen molar-refractivity contribution >= 4 is 18.0 Å². The molecule has 0 unspecified atom stereocenters. The van der Waals surface area contributed by atoms with E-state index in [1.807, 2.05) is 47.3 Å². The monoisotopic (exact) mass is 412 g/mol. The van der Waals surface area contributed by atoms with Crippen LogP contribution in [0.2, 0.25) is 0 Å². The fraction of sp³-hybridized carbons (Fsp3) is 0.160. The first-order valence-electron chi connectivity index (χ1n) is 10.0. The summed E-state index contributed by atoms with van der Waals surface area (Å²) in [5.74, 6) is 2.06. The highest BCUT2D eigenvalue weighted by atomic mass is 32.2. The van der Waals surface area contributed by atoms with Crippen LogP contribution in [-0.4, -0.2) is 21.1 Å². The lowest BCUT2D eigenvalue weighted by molar-refractivity contribution is 0.772. The molecule has 0 saturated carbocycles. The summed E-state index contributed by atoms with van der Waals surface area (Å²) < 4.78 is 1.83. The molecule has 3 aromatic carbocycles. The van der Waals surface area contributed by atoms with Gasteiger partial charge in [-0.15, -0.1) is 10.2 Å². The molecule has 4 nitrogen and oxygen atoms in total. The zero-order valence-electron chi connectivity index (χ0n) is 17.1. The van der Waals surface area contributed by atoms with Gasteiger partial charge < -0.3 is 0 Å². The van der Waals surface area contributed by atoms with Crippen LogP contribution in [0.3, 0.4) is 0 Å². The van der Waals surface area contributed by atoms with E-state index in [2.05, 4.69) is 72.6 Å². The van der Waals surface area contributed by atoms with E-state index in [0.29, 0.717) is 5.92 Å². The summed E-state index contributed by atoms with van der Waals surface area (Å²) >= 11 is 1.63. The lowest BCUT2D eigenvalue weighted by Crippen LogP contribution is -1.97. The Hall–Kier alpha value is -3.18. The molecule has 1 aromatic heterocycles. The largest absolute Gasteiger partial charge is 0.212 e. The van der Waals surface area contributed by atoms with Crippen molar-refractivity contribution in [1.29, 1.82) is 0 Å². The lowest BCUT2D eigenvalue weighted by Gasteiger charge is -2.06. The van der Waals surface area contributed by atoms with E-state index >= 15 is 0 Å². The van der Waals surface area contributed by atoms with Gasteiger partial charge in [-0.1, -0.05) is 111 Å². The van der Waals surface area contributed by atoms with Gasteiger partial charge in [0.15, 0.2) is 5.82 Å². The topological polar surface area (TPSA) is 43.1 Å². The molecule has 0 N–H and O–H groups in total. The molecule has 30 heavy (non-hydrogen) atoms. The number of aromatic nitrogens is 3. The molecular weight excluding hydrogens is 388 g/mol. The van der Waals surface area contributed by atoms with Crippen LogP contribution in [0.4, 0.5) is 0 Å². The first-order valence-corrected chi connectivity index (χ1v) is 11.0. The van der Waals surface area contributed by atoms with Gasteiger partial charge in [-0.05, 0) is 22.6 Å². The highest BCUT2D eigenvalue weighted by molar-refractivity contribution is 7.98. The van der Waals surface area contributed by atoms with E-state index in [4.69, 9.17) is 5.10 Å². The second-order valence-corrected chi connectivity index (χ2v) is 8.27. The van der Waals surface area contributed by atoms with Crippen molar-refractivity contribution in [3.8, 4) is 11.4 Å². The van der Waals surface area contributed by atoms with Gasteiger partial charge in [-0.25, -0.2) is 0 Å². The third-order valence-corrected chi connectivity index (χ3v) is 5.77. The van der Waals surface area contributed by atoms with Gasteiger partial charge in [0.2, 0.25) is 5.16 Å².